The average Bonchev–Trinajstić information content (AvgIpc) is 2.34. The summed E-state index contributed by atoms with van der Waals surface area (Å²) in [6.07, 6.45) is -4.56. The number of aromatic nitrogens is 2. The zero-order valence-corrected chi connectivity index (χ0v) is 12.6. The van der Waals surface area contributed by atoms with E-state index in [-0.39, 0.29) is 23.1 Å². The molecule has 0 fully saturated rings. The Balaban J connectivity index is 3.24. The molecule has 1 rings (SSSR count). The predicted octanol–water partition coefficient (Wildman–Crippen LogP) is 3.41. The first-order chi connectivity index (χ1) is 8.96. The molecule has 0 spiro atoms. The molecule has 0 radical (unpaired) electrons. The van der Waals surface area contributed by atoms with Crippen molar-refractivity contribution in [3.8, 4) is 0 Å². The lowest BCUT2D eigenvalue weighted by Crippen LogP contribution is -2.40. The van der Waals surface area contributed by atoms with Crippen molar-refractivity contribution in [2.24, 2.45) is 5.41 Å². The van der Waals surface area contributed by atoms with Gasteiger partial charge in [0.15, 0.2) is 0 Å². The molecule has 1 unspecified atom stereocenters. The van der Waals surface area contributed by atoms with Gasteiger partial charge in [0.25, 0.3) is 0 Å². The number of hydrogen-bond acceptors (Lipinski definition) is 4. The van der Waals surface area contributed by atoms with E-state index in [9.17, 15) is 13.2 Å². The van der Waals surface area contributed by atoms with Crippen LogP contribution in [-0.4, -0.2) is 30.1 Å². The van der Waals surface area contributed by atoms with Crippen molar-refractivity contribution in [3.05, 3.63) is 11.9 Å². The fourth-order valence-electron chi connectivity index (χ4n) is 1.65. The summed E-state index contributed by atoms with van der Waals surface area (Å²) in [4.78, 5) is 8.82. The van der Waals surface area contributed by atoms with E-state index in [2.05, 4.69) is 15.3 Å². The van der Waals surface area contributed by atoms with Crippen LogP contribution in [0.5, 0.6) is 0 Å². The molecule has 1 aromatic rings. The van der Waals surface area contributed by atoms with Gasteiger partial charge in [0.05, 0.1) is 0 Å². The smallest absolute Gasteiger partial charge is 0.373 e. The van der Waals surface area contributed by atoms with Crippen LogP contribution in [0.15, 0.2) is 6.07 Å². The van der Waals surface area contributed by atoms with Gasteiger partial charge >= 0.3 is 6.18 Å². The second kappa shape index (κ2) is 5.46. The van der Waals surface area contributed by atoms with Crippen LogP contribution in [-0.2, 0) is 6.18 Å². The maximum atomic E-state index is 12.8. The Morgan fingerprint density at radius 1 is 1.20 bits per heavy atom. The molecule has 20 heavy (non-hydrogen) atoms. The molecular weight excluding hydrogens is 269 g/mol. The molecule has 0 saturated carbocycles. The maximum absolute atomic E-state index is 12.8. The van der Waals surface area contributed by atoms with E-state index in [0.29, 0.717) is 0 Å². The van der Waals surface area contributed by atoms with Gasteiger partial charge in [-0.05, 0) is 12.3 Å². The Kier molecular flexibility index (Phi) is 4.51. The molecule has 0 amide bonds. The number of nitrogens with zero attached hydrogens (tertiary/aromatic N) is 3. The van der Waals surface area contributed by atoms with E-state index in [1.165, 1.54) is 13.1 Å². The Morgan fingerprint density at radius 2 is 1.75 bits per heavy atom. The van der Waals surface area contributed by atoms with E-state index in [0.717, 1.165) is 0 Å². The van der Waals surface area contributed by atoms with Gasteiger partial charge in [-0.15, -0.1) is 0 Å². The summed E-state index contributed by atoms with van der Waals surface area (Å²) >= 11 is 0. The molecule has 7 heteroatoms. The van der Waals surface area contributed by atoms with Crippen LogP contribution in [0.4, 0.5) is 24.8 Å². The van der Waals surface area contributed by atoms with E-state index in [1.54, 1.807) is 11.9 Å². The lowest BCUT2D eigenvalue weighted by molar-refractivity contribution is -0.144. The van der Waals surface area contributed by atoms with Gasteiger partial charge in [0, 0.05) is 26.2 Å². The van der Waals surface area contributed by atoms with Crippen LogP contribution in [0.2, 0.25) is 0 Å². The highest BCUT2D eigenvalue weighted by molar-refractivity contribution is 5.49. The number of hydrogen-bond donors (Lipinski definition) is 1. The van der Waals surface area contributed by atoms with Gasteiger partial charge < -0.3 is 10.2 Å². The molecule has 1 aromatic heterocycles. The Morgan fingerprint density at radius 3 is 2.15 bits per heavy atom. The summed E-state index contributed by atoms with van der Waals surface area (Å²) in [5.74, 6) is -0.735. The van der Waals surface area contributed by atoms with Crippen LogP contribution in [0.3, 0.4) is 0 Å². The number of nitrogens with one attached hydrogen (secondary N) is 1. The number of anilines is 2. The first kappa shape index (κ1) is 16.5. The highest BCUT2D eigenvalue weighted by Crippen LogP contribution is 2.31. The van der Waals surface area contributed by atoms with Crippen molar-refractivity contribution < 1.29 is 13.2 Å². The van der Waals surface area contributed by atoms with E-state index >= 15 is 0 Å². The van der Waals surface area contributed by atoms with Crippen LogP contribution in [0.1, 0.15) is 33.5 Å². The van der Waals surface area contributed by atoms with Gasteiger partial charge in [-0.2, -0.15) is 13.2 Å². The second-order valence-electron chi connectivity index (χ2n) is 5.84. The van der Waals surface area contributed by atoms with Gasteiger partial charge in [0.1, 0.15) is 11.6 Å². The molecule has 0 aromatic carbocycles. The highest BCUT2D eigenvalue weighted by atomic mass is 19.4. The molecule has 0 aliphatic carbocycles. The highest BCUT2D eigenvalue weighted by Gasteiger charge is 2.36. The lowest BCUT2D eigenvalue weighted by atomic mass is 9.87. The quantitative estimate of drug-likeness (QED) is 0.926. The molecular formula is C13H21F3N4. The SMILES string of the molecule is CNc1cc(N(C)C(C)C(C)(C)C)nc(C(F)(F)F)n1. The lowest BCUT2D eigenvalue weighted by Gasteiger charge is -2.36. The molecule has 1 N–H and O–H groups in total. The topological polar surface area (TPSA) is 41.0 Å². The summed E-state index contributed by atoms with van der Waals surface area (Å²) in [6.45, 7) is 8.03. The van der Waals surface area contributed by atoms with Crippen LogP contribution < -0.4 is 10.2 Å². The molecule has 0 aliphatic rings. The standard InChI is InChI=1S/C13H21F3N4/c1-8(12(2,3)4)20(6)10-7-9(17-5)18-11(19-10)13(14,15)16/h7-8H,1-6H3,(H,17,18,19). The molecule has 1 heterocycles. The summed E-state index contributed by atoms with van der Waals surface area (Å²) in [5.41, 5.74) is -0.0854. The molecule has 0 saturated heterocycles. The van der Waals surface area contributed by atoms with Crippen molar-refractivity contribution >= 4 is 11.6 Å². The van der Waals surface area contributed by atoms with E-state index in [1.807, 2.05) is 27.7 Å². The molecule has 0 aliphatic heterocycles. The molecule has 1 atom stereocenters. The normalized spacial score (nSPS) is 14.1. The monoisotopic (exact) mass is 290 g/mol. The average molecular weight is 290 g/mol. The fraction of sp³-hybridized carbons (Fsp3) is 0.692. The van der Waals surface area contributed by atoms with Crippen molar-refractivity contribution in [3.63, 3.8) is 0 Å². The summed E-state index contributed by atoms with van der Waals surface area (Å²) < 4.78 is 38.4. The fourth-order valence-corrected chi connectivity index (χ4v) is 1.65. The largest absolute Gasteiger partial charge is 0.451 e. The second-order valence-corrected chi connectivity index (χ2v) is 5.84. The Bertz CT molecular complexity index is 466. The molecule has 4 nitrogen and oxygen atoms in total. The summed E-state index contributed by atoms with van der Waals surface area (Å²) in [7, 11) is 3.26. The third-order valence-electron chi connectivity index (χ3n) is 3.42. The zero-order chi connectivity index (χ0) is 15.7. The molecule has 0 bridgehead atoms. The van der Waals surface area contributed by atoms with Crippen LogP contribution >= 0.6 is 0 Å². The number of halogens is 3. The summed E-state index contributed by atoms with van der Waals surface area (Å²) in [5, 5.41) is 2.63. The number of alkyl halides is 3. The Hall–Kier alpha value is -1.53. The van der Waals surface area contributed by atoms with E-state index < -0.39 is 12.0 Å². The van der Waals surface area contributed by atoms with Gasteiger partial charge in [-0.25, -0.2) is 9.97 Å². The van der Waals surface area contributed by atoms with Crippen molar-refractivity contribution in [2.75, 3.05) is 24.3 Å². The van der Waals surface area contributed by atoms with E-state index in [4.69, 9.17) is 0 Å². The third kappa shape index (κ3) is 3.74. The van der Waals surface area contributed by atoms with Crippen molar-refractivity contribution in [2.45, 2.75) is 39.9 Å². The van der Waals surface area contributed by atoms with Crippen molar-refractivity contribution in [1.82, 2.24) is 9.97 Å². The Labute approximate surface area is 117 Å². The van der Waals surface area contributed by atoms with Gasteiger partial charge in [0.2, 0.25) is 5.82 Å². The summed E-state index contributed by atoms with van der Waals surface area (Å²) in [6, 6.07) is 1.53. The van der Waals surface area contributed by atoms with Crippen molar-refractivity contribution in [1.29, 1.82) is 0 Å². The minimum Gasteiger partial charge on any atom is -0.373 e. The third-order valence-corrected chi connectivity index (χ3v) is 3.42. The van der Waals surface area contributed by atoms with Crippen LogP contribution in [0, 0.1) is 5.41 Å². The zero-order valence-electron chi connectivity index (χ0n) is 12.6. The maximum Gasteiger partial charge on any atom is 0.451 e. The first-order valence-corrected chi connectivity index (χ1v) is 6.33. The minimum atomic E-state index is -4.56. The van der Waals surface area contributed by atoms with Gasteiger partial charge in [-0.3, -0.25) is 0 Å². The first-order valence-electron chi connectivity index (χ1n) is 6.33. The van der Waals surface area contributed by atoms with Gasteiger partial charge in [-0.1, -0.05) is 20.8 Å². The minimum absolute atomic E-state index is 0.0168. The van der Waals surface area contributed by atoms with Crippen LogP contribution in [0.25, 0.3) is 0 Å². The number of rotatable bonds is 3. The predicted molar refractivity (Wildman–Crippen MR) is 73.9 cm³/mol. The molecule has 114 valence electrons.